The van der Waals surface area contributed by atoms with Crippen molar-refractivity contribution in [3.8, 4) is 11.9 Å². The van der Waals surface area contributed by atoms with E-state index in [1.165, 1.54) is 28.6 Å². The molecule has 1 aromatic heterocycles. The minimum atomic E-state index is -3.58. The highest BCUT2D eigenvalue weighted by Gasteiger charge is 2.22. The second-order valence-electron chi connectivity index (χ2n) is 7.08. The van der Waals surface area contributed by atoms with Crippen LogP contribution in [-0.2, 0) is 23.0 Å². The van der Waals surface area contributed by atoms with Crippen molar-refractivity contribution in [3.63, 3.8) is 0 Å². The van der Waals surface area contributed by atoms with Crippen LogP contribution >= 0.6 is 0 Å². The number of nitriles is 1. The Kier molecular flexibility index (Phi) is 8.69. The summed E-state index contributed by atoms with van der Waals surface area (Å²) in [5.74, 6) is -0.330. The molecule has 1 heterocycles. The molecule has 0 aliphatic heterocycles. The van der Waals surface area contributed by atoms with Gasteiger partial charge in [-0.15, -0.1) is 5.11 Å². The standard InChI is InChI=1S/C22H29N5O4S/c1-5-9-14-27-21(28)19(15-23)18(6-2)20(22(27)29)25-24-16-10-12-17(13-11-16)32(30,31)26(7-3)8-4/h10-13,29H,5-9,14H2,1-4H3/b25-24+. The van der Waals surface area contributed by atoms with Crippen molar-refractivity contribution in [1.82, 2.24) is 8.87 Å². The Hall–Kier alpha value is -3.03. The van der Waals surface area contributed by atoms with Gasteiger partial charge in [0.2, 0.25) is 15.9 Å². The van der Waals surface area contributed by atoms with Crippen molar-refractivity contribution >= 4 is 21.4 Å². The average Bonchev–Trinajstić information content (AvgIpc) is 2.79. The van der Waals surface area contributed by atoms with Crippen molar-refractivity contribution in [2.24, 2.45) is 10.2 Å². The zero-order valence-electron chi connectivity index (χ0n) is 18.9. The quantitative estimate of drug-likeness (QED) is 0.532. The fourth-order valence-electron chi connectivity index (χ4n) is 3.33. The van der Waals surface area contributed by atoms with Crippen molar-refractivity contribution in [3.05, 3.63) is 45.7 Å². The third-order valence-electron chi connectivity index (χ3n) is 5.16. The average molecular weight is 460 g/mol. The second-order valence-corrected chi connectivity index (χ2v) is 9.02. The first-order valence-corrected chi connectivity index (χ1v) is 12.1. The van der Waals surface area contributed by atoms with Crippen molar-refractivity contribution in [2.75, 3.05) is 13.1 Å². The predicted molar refractivity (Wildman–Crippen MR) is 122 cm³/mol. The van der Waals surface area contributed by atoms with Crippen LogP contribution < -0.4 is 5.56 Å². The molecule has 1 aromatic carbocycles. The summed E-state index contributed by atoms with van der Waals surface area (Å²) in [6.07, 6.45) is 1.78. The summed E-state index contributed by atoms with van der Waals surface area (Å²) in [6, 6.07) is 7.85. The molecule has 0 bridgehead atoms. The number of pyridine rings is 1. The van der Waals surface area contributed by atoms with E-state index in [0.717, 1.165) is 11.0 Å². The Bertz CT molecular complexity index is 1170. The van der Waals surface area contributed by atoms with Crippen LogP contribution in [0.2, 0.25) is 0 Å². The summed E-state index contributed by atoms with van der Waals surface area (Å²) in [4.78, 5) is 12.8. The molecule has 0 amide bonds. The maximum atomic E-state index is 12.6. The molecule has 10 heteroatoms. The summed E-state index contributed by atoms with van der Waals surface area (Å²) in [5.41, 5.74) is 0.165. The maximum absolute atomic E-state index is 12.6. The van der Waals surface area contributed by atoms with E-state index in [1.54, 1.807) is 20.8 Å². The van der Waals surface area contributed by atoms with Crippen LogP contribution in [-0.4, -0.2) is 35.5 Å². The van der Waals surface area contributed by atoms with E-state index < -0.39 is 15.6 Å². The van der Waals surface area contributed by atoms with Crippen LogP contribution in [0, 0.1) is 11.3 Å². The monoisotopic (exact) mass is 459 g/mol. The Morgan fingerprint density at radius 2 is 1.72 bits per heavy atom. The Morgan fingerprint density at radius 1 is 1.09 bits per heavy atom. The molecule has 0 saturated heterocycles. The SMILES string of the molecule is CCCCn1c(O)c(/N=N/c2ccc(S(=O)(=O)N(CC)CC)cc2)c(CC)c(C#N)c1=O. The van der Waals surface area contributed by atoms with Gasteiger partial charge in [-0.05, 0) is 37.1 Å². The van der Waals surface area contributed by atoms with Gasteiger partial charge in [-0.1, -0.05) is 34.1 Å². The van der Waals surface area contributed by atoms with Gasteiger partial charge in [-0.2, -0.15) is 14.7 Å². The first kappa shape index (κ1) is 25.2. The number of rotatable bonds is 10. The van der Waals surface area contributed by atoms with E-state index in [0.29, 0.717) is 37.2 Å². The van der Waals surface area contributed by atoms with Gasteiger partial charge in [0.05, 0.1) is 10.6 Å². The highest BCUT2D eigenvalue weighted by Crippen LogP contribution is 2.33. The van der Waals surface area contributed by atoms with Crippen LogP contribution in [0.3, 0.4) is 0 Å². The molecule has 9 nitrogen and oxygen atoms in total. The molecule has 0 fully saturated rings. The van der Waals surface area contributed by atoms with E-state index in [1.807, 2.05) is 13.0 Å². The number of nitrogens with zero attached hydrogens (tertiary/aromatic N) is 5. The molecule has 172 valence electrons. The molecule has 0 spiro atoms. The molecule has 0 aliphatic rings. The molecule has 0 saturated carbocycles. The van der Waals surface area contributed by atoms with E-state index in [2.05, 4.69) is 10.2 Å². The lowest BCUT2D eigenvalue weighted by Crippen LogP contribution is -2.30. The van der Waals surface area contributed by atoms with Crippen LogP contribution in [0.15, 0.2) is 44.2 Å². The van der Waals surface area contributed by atoms with Crippen LogP contribution in [0.25, 0.3) is 0 Å². The molecular weight excluding hydrogens is 430 g/mol. The smallest absolute Gasteiger partial charge is 0.271 e. The number of aromatic hydroxyl groups is 1. The summed E-state index contributed by atoms with van der Waals surface area (Å²) in [6.45, 7) is 8.27. The van der Waals surface area contributed by atoms with Crippen molar-refractivity contribution < 1.29 is 13.5 Å². The number of azo groups is 1. The van der Waals surface area contributed by atoms with Gasteiger partial charge in [-0.25, -0.2) is 8.42 Å². The lowest BCUT2D eigenvalue weighted by Gasteiger charge is -2.18. The lowest BCUT2D eigenvalue weighted by molar-refractivity contribution is 0.402. The van der Waals surface area contributed by atoms with Gasteiger partial charge in [-0.3, -0.25) is 9.36 Å². The van der Waals surface area contributed by atoms with Gasteiger partial charge in [0, 0.05) is 25.2 Å². The number of aromatic nitrogens is 1. The molecule has 2 rings (SSSR count). The second kappa shape index (κ2) is 11.0. The molecule has 0 aliphatic carbocycles. The molecule has 0 radical (unpaired) electrons. The summed E-state index contributed by atoms with van der Waals surface area (Å²) < 4.78 is 27.7. The fraction of sp³-hybridized carbons (Fsp3) is 0.455. The number of hydrogen-bond acceptors (Lipinski definition) is 7. The number of hydrogen-bond donors (Lipinski definition) is 1. The zero-order valence-corrected chi connectivity index (χ0v) is 19.7. The van der Waals surface area contributed by atoms with Gasteiger partial charge in [0.15, 0.2) is 5.69 Å². The Labute approximate surface area is 188 Å². The molecule has 1 N–H and O–H groups in total. The Morgan fingerprint density at radius 3 is 2.22 bits per heavy atom. The Balaban J connectivity index is 2.49. The largest absolute Gasteiger partial charge is 0.493 e. The van der Waals surface area contributed by atoms with E-state index in [9.17, 15) is 23.6 Å². The lowest BCUT2D eigenvalue weighted by atomic mass is 10.1. The molecule has 2 aromatic rings. The van der Waals surface area contributed by atoms with Gasteiger partial charge in [0.1, 0.15) is 11.6 Å². The normalized spacial score (nSPS) is 11.9. The zero-order chi connectivity index (χ0) is 23.9. The van der Waals surface area contributed by atoms with Gasteiger partial charge < -0.3 is 5.11 Å². The predicted octanol–water partition coefficient (Wildman–Crippen LogP) is 4.23. The number of benzene rings is 1. The van der Waals surface area contributed by atoms with Gasteiger partial charge in [0.25, 0.3) is 5.56 Å². The first-order valence-electron chi connectivity index (χ1n) is 10.7. The highest BCUT2D eigenvalue weighted by atomic mass is 32.2. The summed E-state index contributed by atoms with van der Waals surface area (Å²) in [7, 11) is -3.58. The summed E-state index contributed by atoms with van der Waals surface area (Å²) in [5, 5.41) is 28.4. The topological polar surface area (TPSA) is 128 Å². The minimum absolute atomic E-state index is 0.0592. The highest BCUT2D eigenvalue weighted by molar-refractivity contribution is 7.89. The van der Waals surface area contributed by atoms with E-state index >= 15 is 0 Å². The number of sulfonamides is 1. The van der Waals surface area contributed by atoms with Crippen molar-refractivity contribution in [2.45, 2.75) is 58.4 Å². The molecule has 32 heavy (non-hydrogen) atoms. The van der Waals surface area contributed by atoms with Crippen LogP contribution in [0.1, 0.15) is 51.7 Å². The van der Waals surface area contributed by atoms with Gasteiger partial charge >= 0.3 is 0 Å². The third kappa shape index (κ3) is 5.06. The first-order chi connectivity index (χ1) is 15.3. The molecule has 0 unspecified atom stereocenters. The minimum Gasteiger partial charge on any atom is -0.493 e. The molecular formula is C22H29N5O4S. The fourth-order valence-corrected chi connectivity index (χ4v) is 4.79. The van der Waals surface area contributed by atoms with E-state index in [-0.39, 0.29) is 28.6 Å². The molecule has 0 atom stereocenters. The number of unbranched alkanes of at least 4 members (excludes halogenated alkanes) is 1. The van der Waals surface area contributed by atoms with E-state index in [4.69, 9.17) is 0 Å². The third-order valence-corrected chi connectivity index (χ3v) is 7.22. The van der Waals surface area contributed by atoms with Crippen molar-refractivity contribution in [1.29, 1.82) is 5.26 Å². The maximum Gasteiger partial charge on any atom is 0.271 e. The van der Waals surface area contributed by atoms with Crippen LogP contribution in [0.4, 0.5) is 11.4 Å². The van der Waals surface area contributed by atoms with Crippen LogP contribution in [0.5, 0.6) is 5.88 Å². The summed E-state index contributed by atoms with van der Waals surface area (Å²) >= 11 is 0.